The fraction of sp³-hybridized carbons (Fsp3) is 0.143. The molecule has 0 amide bonds. The Kier molecular flexibility index (Phi) is 1.56. The maximum atomic E-state index is 4.15. The number of nitrogens with one attached hydrogen (secondary N) is 1. The van der Waals surface area contributed by atoms with E-state index in [-0.39, 0.29) is 0 Å². The van der Waals surface area contributed by atoms with Gasteiger partial charge < -0.3 is 0 Å². The van der Waals surface area contributed by atoms with Crippen LogP contribution in [0.1, 0.15) is 5.69 Å². The molecule has 0 aromatic carbocycles. The summed E-state index contributed by atoms with van der Waals surface area (Å²) in [4.78, 5) is 4.15. The van der Waals surface area contributed by atoms with Crippen molar-refractivity contribution >= 4 is 33.5 Å². The van der Waals surface area contributed by atoms with Crippen LogP contribution < -0.4 is 0 Å². The molecular weight excluding hydrogens is 253 g/mol. The largest absolute Gasteiger partial charge is 0.275 e. The normalized spacial score (nSPS) is 10.7. The van der Waals surface area contributed by atoms with Crippen molar-refractivity contribution in [2.45, 2.75) is 6.92 Å². The van der Waals surface area contributed by atoms with E-state index >= 15 is 0 Å². The maximum absolute atomic E-state index is 4.15. The van der Waals surface area contributed by atoms with Gasteiger partial charge in [-0.2, -0.15) is 5.10 Å². The van der Waals surface area contributed by atoms with Gasteiger partial charge in [0.25, 0.3) is 0 Å². The highest BCUT2D eigenvalue weighted by Gasteiger charge is 2.01. The lowest BCUT2D eigenvalue weighted by molar-refractivity contribution is 1.09. The highest BCUT2D eigenvalue weighted by atomic mass is 127. The molecule has 4 heteroatoms. The molecule has 0 aliphatic heterocycles. The van der Waals surface area contributed by atoms with Gasteiger partial charge in [0.05, 0.1) is 11.7 Å². The average Bonchev–Trinajstić information content (AvgIpc) is 2.33. The standard InChI is InChI=1S/C7H6IN3/c1-4-2-5-6(3-9-4)10-11-7(5)8/h2-3H,1H3,(H,10,11). The minimum atomic E-state index is 1.00. The lowest BCUT2D eigenvalue weighted by atomic mass is 10.3. The van der Waals surface area contributed by atoms with Crippen molar-refractivity contribution < 1.29 is 0 Å². The fourth-order valence-corrected chi connectivity index (χ4v) is 1.56. The van der Waals surface area contributed by atoms with Crippen LogP contribution in [0.3, 0.4) is 0 Å². The third-order valence-corrected chi connectivity index (χ3v) is 2.36. The van der Waals surface area contributed by atoms with E-state index in [1.54, 1.807) is 6.20 Å². The molecule has 1 N–H and O–H groups in total. The van der Waals surface area contributed by atoms with Crippen molar-refractivity contribution in [1.29, 1.82) is 0 Å². The quantitative estimate of drug-likeness (QED) is 0.734. The van der Waals surface area contributed by atoms with E-state index in [9.17, 15) is 0 Å². The van der Waals surface area contributed by atoms with E-state index in [1.165, 1.54) is 0 Å². The van der Waals surface area contributed by atoms with Crippen LogP contribution in [0.5, 0.6) is 0 Å². The molecule has 0 fully saturated rings. The van der Waals surface area contributed by atoms with Crippen LogP contribution in [-0.4, -0.2) is 15.2 Å². The Labute approximate surface area is 77.4 Å². The summed E-state index contributed by atoms with van der Waals surface area (Å²) in [5, 5.41) is 8.10. The predicted molar refractivity (Wildman–Crippen MR) is 51.3 cm³/mol. The van der Waals surface area contributed by atoms with Crippen LogP contribution in [0.25, 0.3) is 10.9 Å². The van der Waals surface area contributed by atoms with E-state index in [4.69, 9.17) is 0 Å². The zero-order valence-electron chi connectivity index (χ0n) is 5.93. The summed E-state index contributed by atoms with van der Waals surface area (Å²) < 4.78 is 1.00. The minimum Gasteiger partial charge on any atom is -0.275 e. The predicted octanol–water partition coefficient (Wildman–Crippen LogP) is 1.87. The SMILES string of the molecule is Cc1cc2c(I)n[nH]c2cn1. The second-order valence-corrected chi connectivity index (χ2v) is 3.41. The van der Waals surface area contributed by atoms with Crippen molar-refractivity contribution in [3.8, 4) is 0 Å². The second-order valence-electron chi connectivity index (χ2n) is 2.39. The van der Waals surface area contributed by atoms with Gasteiger partial charge in [-0.05, 0) is 35.6 Å². The van der Waals surface area contributed by atoms with Crippen molar-refractivity contribution in [2.75, 3.05) is 0 Å². The Morgan fingerprint density at radius 3 is 3.18 bits per heavy atom. The highest BCUT2D eigenvalue weighted by molar-refractivity contribution is 14.1. The lowest BCUT2D eigenvalue weighted by Gasteiger charge is -1.90. The van der Waals surface area contributed by atoms with Crippen LogP contribution >= 0.6 is 22.6 Å². The third-order valence-electron chi connectivity index (χ3n) is 1.54. The van der Waals surface area contributed by atoms with Crippen LogP contribution in [0, 0.1) is 10.6 Å². The molecule has 2 rings (SSSR count). The summed E-state index contributed by atoms with van der Waals surface area (Å²) in [6.45, 7) is 1.97. The third kappa shape index (κ3) is 1.11. The number of nitrogens with zero attached hydrogens (tertiary/aromatic N) is 2. The smallest absolute Gasteiger partial charge is 0.131 e. The number of halogens is 1. The number of H-pyrrole nitrogens is 1. The van der Waals surface area contributed by atoms with E-state index in [1.807, 2.05) is 13.0 Å². The molecule has 3 nitrogen and oxygen atoms in total. The molecule has 0 saturated carbocycles. The summed E-state index contributed by atoms with van der Waals surface area (Å²) >= 11 is 2.20. The molecule has 2 heterocycles. The first-order valence-electron chi connectivity index (χ1n) is 3.23. The molecule has 0 aliphatic carbocycles. The Bertz CT molecular complexity index is 393. The molecule has 2 aromatic rings. The number of fused-ring (bicyclic) bond motifs is 1. The first kappa shape index (κ1) is 7.02. The highest BCUT2D eigenvalue weighted by Crippen LogP contribution is 2.16. The average molecular weight is 259 g/mol. The Morgan fingerprint density at radius 2 is 2.36 bits per heavy atom. The number of aromatic nitrogens is 3. The summed E-state index contributed by atoms with van der Waals surface area (Å²) in [7, 11) is 0. The van der Waals surface area contributed by atoms with Gasteiger partial charge in [0, 0.05) is 11.1 Å². The number of hydrogen-bond acceptors (Lipinski definition) is 2. The topological polar surface area (TPSA) is 41.6 Å². The molecule has 2 aromatic heterocycles. The number of aromatic amines is 1. The Morgan fingerprint density at radius 1 is 1.55 bits per heavy atom. The zero-order valence-corrected chi connectivity index (χ0v) is 8.08. The van der Waals surface area contributed by atoms with Gasteiger partial charge in [-0.3, -0.25) is 10.1 Å². The molecular formula is C7H6IN3. The molecule has 0 radical (unpaired) electrons. The molecule has 0 aliphatic rings. The van der Waals surface area contributed by atoms with E-state index in [0.29, 0.717) is 0 Å². The molecule has 0 atom stereocenters. The van der Waals surface area contributed by atoms with Gasteiger partial charge in [0.15, 0.2) is 0 Å². The van der Waals surface area contributed by atoms with Crippen molar-refractivity contribution in [3.63, 3.8) is 0 Å². The second kappa shape index (κ2) is 2.44. The van der Waals surface area contributed by atoms with Gasteiger partial charge in [-0.15, -0.1) is 0 Å². The van der Waals surface area contributed by atoms with Crippen molar-refractivity contribution in [1.82, 2.24) is 15.2 Å². The molecule has 0 spiro atoms. The van der Waals surface area contributed by atoms with E-state index in [2.05, 4.69) is 37.8 Å². The van der Waals surface area contributed by atoms with Gasteiger partial charge >= 0.3 is 0 Å². The molecule has 0 saturated heterocycles. The van der Waals surface area contributed by atoms with Crippen LogP contribution in [-0.2, 0) is 0 Å². The molecule has 11 heavy (non-hydrogen) atoms. The van der Waals surface area contributed by atoms with Crippen LogP contribution in [0.2, 0.25) is 0 Å². The van der Waals surface area contributed by atoms with Gasteiger partial charge in [-0.1, -0.05) is 0 Å². The molecule has 0 unspecified atom stereocenters. The summed E-state index contributed by atoms with van der Waals surface area (Å²) in [6, 6.07) is 2.03. The summed E-state index contributed by atoms with van der Waals surface area (Å²) in [5.74, 6) is 0. The number of pyridine rings is 1. The van der Waals surface area contributed by atoms with Crippen LogP contribution in [0.4, 0.5) is 0 Å². The van der Waals surface area contributed by atoms with Gasteiger partial charge in [0.1, 0.15) is 3.70 Å². The molecule has 56 valence electrons. The van der Waals surface area contributed by atoms with E-state index < -0.39 is 0 Å². The molecule has 0 bridgehead atoms. The van der Waals surface area contributed by atoms with Gasteiger partial charge in [0.2, 0.25) is 0 Å². The minimum absolute atomic E-state index is 1.00. The zero-order chi connectivity index (χ0) is 7.84. The Balaban J connectivity index is 2.87. The number of hydrogen-bond donors (Lipinski definition) is 1. The first-order chi connectivity index (χ1) is 5.27. The number of rotatable bonds is 0. The first-order valence-corrected chi connectivity index (χ1v) is 4.31. The summed E-state index contributed by atoms with van der Waals surface area (Å²) in [5.41, 5.74) is 2.02. The van der Waals surface area contributed by atoms with Crippen molar-refractivity contribution in [3.05, 3.63) is 21.7 Å². The number of aryl methyl sites for hydroxylation is 1. The summed E-state index contributed by atoms with van der Waals surface area (Å²) in [6.07, 6.45) is 1.81. The Hall–Kier alpha value is -0.650. The monoisotopic (exact) mass is 259 g/mol. The van der Waals surface area contributed by atoms with E-state index in [0.717, 1.165) is 20.3 Å². The van der Waals surface area contributed by atoms with Gasteiger partial charge in [-0.25, -0.2) is 0 Å². The lowest BCUT2D eigenvalue weighted by Crippen LogP contribution is -1.78. The fourth-order valence-electron chi connectivity index (χ4n) is 0.989. The maximum Gasteiger partial charge on any atom is 0.131 e. The van der Waals surface area contributed by atoms with Crippen molar-refractivity contribution in [2.24, 2.45) is 0 Å². The van der Waals surface area contributed by atoms with Crippen LogP contribution in [0.15, 0.2) is 12.3 Å².